The zero-order valence-corrected chi connectivity index (χ0v) is 18.7. The van der Waals surface area contributed by atoms with Gasteiger partial charge >= 0.3 is 0 Å². The van der Waals surface area contributed by atoms with E-state index >= 15 is 0 Å². The number of unbranched alkanes of at least 4 members (excludes halogenated alkanes) is 1. The number of rotatable bonds is 3. The number of hydrogen-bond donors (Lipinski definition) is 0. The molecular weight excluding hydrogens is 360 g/mol. The molecule has 0 fully saturated rings. The lowest BCUT2D eigenvalue weighted by Gasteiger charge is -2.27. The van der Waals surface area contributed by atoms with Gasteiger partial charge in [0, 0.05) is 25.1 Å². The Kier molecular flexibility index (Phi) is 9.80. The highest BCUT2D eigenvalue weighted by Gasteiger charge is 2.26. The molecule has 0 radical (unpaired) electrons. The van der Waals surface area contributed by atoms with Gasteiger partial charge in [0.15, 0.2) is 0 Å². The van der Waals surface area contributed by atoms with Crippen molar-refractivity contribution in [1.82, 2.24) is 19.9 Å². The first kappa shape index (κ1) is 24.1. The van der Waals surface area contributed by atoms with Crippen LogP contribution in [0.2, 0.25) is 0 Å². The Bertz CT molecular complexity index is 875. The smallest absolute Gasteiger partial charge is 0.224 e. The fourth-order valence-electron chi connectivity index (χ4n) is 2.95. The van der Waals surface area contributed by atoms with E-state index in [0.717, 1.165) is 28.1 Å². The van der Waals surface area contributed by atoms with Gasteiger partial charge in [-0.1, -0.05) is 89.2 Å². The van der Waals surface area contributed by atoms with Gasteiger partial charge in [0.1, 0.15) is 5.69 Å². The monoisotopic (exact) mass is 394 g/mol. The first-order valence-electron chi connectivity index (χ1n) is 10.3. The highest BCUT2D eigenvalue weighted by atomic mass is 16.2. The second-order valence-corrected chi connectivity index (χ2v) is 6.38. The molecule has 1 aromatic heterocycles. The van der Waals surface area contributed by atoms with E-state index in [1.807, 2.05) is 45.2 Å². The van der Waals surface area contributed by atoms with Crippen molar-refractivity contribution in [2.24, 2.45) is 7.05 Å². The van der Waals surface area contributed by atoms with E-state index in [1.165, 1.54) is 12.8 Å². The summed E-state index contributed by atoms with van der Waals surface area (Å²) < 4.78 is 1.70. The van der Waals surface area contributed by atoms with Gasteiger partial charge < -0.3 is 4.90 Å². The van der Waals surface area contributed by atoms with Gasteiger partial charge in [0.05, 0.1) is 17.9 Å². The molecule has 5 nitrogen and oxygen atoms in total. The Morgan fingerprint density at radius 1 is 1.14 bits per heavy atom. The minimum atomic E-state index is -0.0485. The van der Waals surface area contributed by atoms with Crippen molar-refractivity contribution in [3.8, 4) is 11.3 Å². The molecule has 2 aromatic rings. The first-order chi connectivity index (χ1) is 14.0. The molecule has 0 aliphatic carbocycles. The van der Waals surface area contributed by atoms with Gasteiger partial charge in [-0.15, -0.1) is 5.10 Å². The van der Waals surface area contributed by atoms with E-state index in [9.17, 15) is 4.79 Å². The summed E-state index contributed by atoms with van der Waals surface area (Å²) >= 11 is 0. The molecule has 156 valence electrons. The van der Waals surface area contributed by atoms with Crippen molar-refractivity contribution in [3.63, 3.8) is 0 Å². The van der Waals surface area contributed by atoms with Crippen LogP contribution < -0.4 is 0 Å². The van der Waals surface area contributed by atoms with Crippen molar-refractivity contribution in [2.75, 3.05) is 0 Å². The Hall–Kier alpha value is -2.95. The summed E-state index contributed by atoms with van der Waals surface area (Å²) in [5.74, 6) is -0.0485. The van der Waals surface area contributed by atoms with Crippen molar-refractivity contribution < 1.29 is 4.79 Å². The molecular formula is C24H34N4O. The van der Waals surface area contributed by atoms with Crippen LogP contribution in [-0.4, -0.2) is 25.8 Å². The van der Waals surface area contributed by atoms with Gasteiger partial charge in [-0.3, -0.25) is 4.79 Å². The quantitative estimate of drug-likeness (QED) is 0.665. The number of allylic oxidation sites excluding steroid dienone is 3. The molecule has 1 aromatic carbocycles. The molecule has 0 spiro atoms. The number of carbonyl (C=O) groups is 1. The molecule has 3 rings (SSSR count). The van der Waals surface area contributed by atoms with Crippen LogP contribution in [0.5, 0.6) is 0 Å². The molecule has 29 heavy (non-hydrogen) atoms. The van der Waals surface area contributed by atoms with Crippen molar-refractivity contribution >= 4 is 11.5 Å². The standard InChI is InChI=1S/C18H18N4O.C4H10.C2H6/c1-5-14-16(6-2)22(12(3)23)11-13-9-7-8-10-15(13)17-18(14)21(4)20-19-17;1-3-4-2;1-2/h5-10H,1-2,11H2,3-4H3;3-4H2,1-2H3;1-2H3/b16-14-;;. The number of nitrogens with zero attached hydrogens (tertiary/aromatic N) is 4. The molecule has 1 amide bonds. The number of carbonyl (C=O) groups excluding carboxylic acids is 1. The SMILES string of the molecule is C=C/C1=C(\C=C)N(C(C)=O)Cc2ccccc2-c2nnn(C)c21.CC.CCCC. The number of hydrogen-bond acceptors (Lipinski definition) is 3. The summed E-state index contributed by atoms with van der Waals surface area (Å²) in [6.07, 6.45) is 6.05. The summed E-state index contributed by atoms with van der Waals surface area (Å²) in [6, 6.07) is 7.92. The van der Waals surface area contributed by atoms with Gasteiger partial charge in [-0.2, -0.15) is 0 Å². The Labute approximate surface area is 175 Å². The summed E-state index contributed by atoms with van der Waals surface area (Å²) in [5, 5.41) is 8.49. The van der Waals surface area contributed by atoms with Crippen LogP contribution in [0, 0.1) is 0 Å². The zero-order valence-electron chi connectivity index (χ0n) is 18.7. The fourth-order valence-corrected chi connectivity index (χ4v) is 2.95. The lowest BCUT2D eigenvalue weighted by molar-refractivity contribution is -0.127. The predicted octanol–water partition coefficient (Wildman–Crippen LogP) is 5.76. The summed E-state index contributed by atoms with van der Waals surface area (Å²) in [5.41, 5.74) is 5.13. The maximum atomic E-state index is 12.2. The van der Waals surface area contributed by atoms with E-state index in [-0.39, 0.29) is 5.91 Å². The van der Waals surface area contributed by atoms with Gasteiger partial charge in [-0.25, -0.2) is 4.68 Å². The highest BCUT2D eigenvalue weighted by Crippen LogP contribution is 2.36. The molecule has 0 saturated heterocycles. The molecule has 1 aliphatic heterocycles. The average molecular weight is 395 g/mol. The number of aryl methyl sites for hydroxylation is 1. The van der Waals surface area contributed by atoms with E-state index in [0.29, 0.717) is 12.2 Å². The Balaban J connectivity index is 0.000000627. The molecule has 2 heterocycles. The average Bonchev–Trinajstić information content (AvgIpc) is 3.11. The third-order valence-electron chi connectivity index (χ3n) is 4.53. The summed E-state index contributed by atoms with van der Waals surface area (Å²) in [7, 11) is 1.83. The lowest BCUT2D eigenvalue weighted by Crippen LogP contribution is -2.29. The molecule has 0 bridgehead atoms. The van der Waals surface area contributed by atoms with Crippen molar-refractivity contribution in [3.05, 3.63) is 66.5 Å². The van der Waals surface area contributed by atoms with Crippen LogP contribution in [0.15, 0.2) is 55.3 Å². The van der Waals surface area contributed by atoms with Crippen LogP contribution in [0.1, 0.15) is 58.7 Å². The van der Waals surface area contributed by atoms with Crippen LogP contribution in [-0.2, 0) is 18.4 Å². The minimum absolute atomic E-state index is 0.0485. The molecule has 0 N–H and O–H groups in total. The van der Waals surface area contributed by atoms with Crippen molar-refractivity contribution in [2.45, 2.75) is 54.0 Å². The van der Waals surface area contributed by atoms with Crippen LogP contribution in [0.4, 0.5) is 0 Å². The fraction of sp³-hybridized carbons (Fsp3) is 0.375. The van der Waals surface area contributed by atoms with Gasteiger partial charge in [0.25, 0.3) is 0 Å². The predicted molar refractivity (Wildman–Crippen MR) is 122 cm³/mol. The Morgan fingerprint density at radius 3 is 2.28 bits per heavy atom. The van der Waals surface area contributed by atoms with Crippen LogP contribution in [0.3, 0.4) is 0 Å². The summed E-state index contributed by atoms with van der Waals surface area (Å²) in [6.45, 7) is 18.2. The highest BCUT2D eigenvalue weighted by molar-refractivity contribution is 5.89. The van der Waals surface area contributed by atoms with Crippen LogP contribution >= 0.6 is 0 Å². The Morgan fingerprint density at radius 2 is 1.76 bits per heavy atom. The van der Waals surface area contributed by atoms with Crippen molar-refractivity contribution in [1.29, 1.82) is 0 Å². The summed E-state index contributed by atoms with van der Waals surface area (Å²) in [4.78, 5) is 13.9. The largest absolute Gasteiger partial charge is 0.308 e. The normalized spacial score (nSPS) is 14.6. The topological polar surface area (TPSA) is 51.0 Å². The third kappa shape index (κ3) is 5.31. The number of aromatic nitrogens is 3. The minimum Gasteiger partial charge on any atom is -0.308 e. The second kappa shape index (κ2) is 11.8. The third-order valence-corrected chi connectivity index (χ3v) is 4.53. The van der Waals surface area contributed by atoms with Crippen LogP contribution in [0.25, 0.3) is 16.8 Å². The maximum absolute atomic E-state index is 12.2. The van der Waals surface area contributed by atoms with E-state index in [1.54, 1.807) is 28.7 Å². The van der Waals surface area contributed by atoms with Gasteiger partial charge in [-0.05, 0) is 11.6 Å². The lowest BCUT2D eigenvalue weighted by atomic mass is 9.95. The molecule has 0 unspecified atom stereocenters. The zero-order chi connectivity index (χ0) is 22.0. The van der Waals surface area contributed by atoms with E-state index < -0.39 is 0 Å². The number of benzene rings is 1. The second-order valence-electron chi connectivity index (χ2n) is 6.38. The van der Waals surface area contributed by atoms with Gasteiger partial charge in [0.2, 0.25) is 5.91 Å². The molecule has 0 atom stereocenters. The number of amides is 1. The molecule has 5 heteroatoms. The van der Waals surface area contributed by atoms with E-state index in [2.05, 4.69) is 37.3 Å². The molecule has 1 aliphatic rings. The van der Waals surface area contributed by atoms with E-state index in [4.69, 9.17) is 0 Å². The molecule has 0 saturated carbocycles. The maximum Gasteiger partial charge on any atom is 0.224 e. The first-order valence-corrected chi connectivity index (χ1v) is 10.3. The number of fused-ring (bicyclic) bond motifs is 3.